The second kappa shape index (κ2) is 5.78. The molecule has 2 rings (SSSR count). The Morgan fingerprint density at radius 3 is 2.65 bits per heavy atom. The van der Waals surface area contributed by atoms with Gasteiger partial charge in [-0.05, 0) is 20.9 Å². The summed E-state index contributed by atoms with van der Waals surface area (Å²) in [6.45, 7) is 4.00. The van der Waals surface area contributed by atoms with Crippen molar-refractivity contribution in [1.82, 2.24) is 20.0 Å². The van der Waals surface area contributed by atoms with Gasteiger partial charge in [0.15, 0.2) is 0 Å². The molecule has 2 aromatic heterocycles. The molecule has 20 heavy (non-hydrogen) atoms. The van der Waals surface area contributed by atoms with Gasteiger partial charge in [-0.15, -0.1) is 0 Å². The Morgan fingerprint density at radius 1 is 1.30 bits per heavy atom. The highest BCUT2D eigenvalue weighted by Crippen LogP contribution is 2.26. The first-order valence-electron chi connectivity index (χ1n) is 6.16. The fraction of sp³-hybridized carbons (Fsp3) is 0.417. The van der Waals surface area contributed by atoms with E-state index in [0.29, 0.717) is 29.3 Å². The maximum atomic E-state index is 12.4. The van der Waals surface area contributed by atoms with Crippen molar-refractivity contribution in [3.05, 3.63) is 35.3 Å². The molecule has 3 N–H and O–H groups in total. The smallest absolute Gasteiger partial charge is 0.244 e. The molecule has 110 valence electrons. The van der Waals surface area contributed by atoms with Gasteiger partial charge in [0.25, 0.3) is 0 Å². The summed E-state index contributed by atoms with van der Waals surface area (Å²) < 4.78 is 32.8. The normalized spacial score (nSPS) is 11.9. The van der Waals surface area contributed by atoms with Gasteiger partial charge in [-0.3, -0.25) is 0 Å². The molecule has 0 atom stereocenters. The molecule has 2 heterocycles. The van der Waals surface area contributed by atoms with Gasteiger partial charge in [0.2, 0.25) is 10.0 Å². The zero-order valence-corrected chi connectivity index (χ0v) is 12.5. The molecule has 0 amide bonds. The highest BCUT2D eigenvalue weighted by atomic mass is 32.2. The number of rotatable bonds is 6. The first-order chi connectivity index (χ1) is 9.45. The summed E-state index contributed by atoms with van der Waals surface area (Å²) in [4.78, 5) is 6.90. The number of aryl methyl sites for hydroxylation is 2. The standard InChI is InChI=1S/C12H18N4O3S/c1-8-11(6-13-3)12(9(2)19-8)20(17,18)16-5-10-4-14-7-15-10/h4,7,13,16H,5-6H2,1-3H3,(H,14,15). The highest BCUT2D eigenvalue weighted by molar-refractivity contribution is 7.89. The molecule has 0 unspecified atom stereocenters. The maximum absolute atomic E-state index is 12.4. The molecule has 0 spiro atoms. The summed E-state index contributed by atoms with van der Waals surface area (Å²) >= 11 is 0. The number of nitrogens with zero attached hydrogens (tertiary/aromatic N) is 1. The van der Waals surface area contributed by atoms with Crippen LogP contribution in [0.15, 0.2) is 21.8 Å². The molecule has 0 aliphatic carbocycles. The van der Waals surface area contributed by atoms with E-state index >= 15 is 0 Å². The molecule has 0 aromatic carbocycles. The van der Waals surface area contributed by atoms with E-state index in [9.17, 15) is 8.42 Å². The lowest BCUT2D eigenvalue weighted by Crippen LogP contribution is -2.25. The van der Waals surface area contributed by atoms with Gasteiger partial charge in [-0.2, -0.15) is 0 Å². The number of nitrogens with one attached hydrogen (secondary N) is 3. The number of imidazole rings is 1. The van der Waals surface area contributed by atoms with Crippen LogP contribution in [0.1, 0.15) is 22.8 Å². The molecule has 2 aromatic rings. The first-order valence-corrected chi connectivity index (χ1v) is 7.64. The minimum Gasteiger partial charge on any atom is -0.465 e. The average Bonchev–Trinajstić information content (AvgIpc) is 2.97. The number of H-pyrrole nitrogens is 1. The Bertz CT molecular complexity index is 674. The van der Waals surface area contributed by atoms with Crippen LogP contribution in [0.5, 0.6) is 0 Å². The fourth-order valence-electron chi connectivity index (χ4n) is 2.07. The number of aromatic nitrogens is 2. The predicted octanol–water partition coefficient (Wildman–Crippen LogP) is 0.817. The van der Waals surface area contributed by atoms with Crippen molar-refractivity contribution in [2.75, 3.05) is 7.05 Å². The van der Waals surface area contributed by atoms with Gasteiger partial charge < -0.3 is 14.7 Å². The van der Waals surface area contributed by atoms with Crippen LogP contribution in [0.25, 0.3) is 0 Å². The Morgan fingerprint density at radius 2 is 2.05 bits per heavy atom. The zero-order chi connectivity index (χ0) is 14.8. The second-order valence-electron chi connectivity index (χ2n) is 4.45. The summed E-state index contributed by atoms with van der Waals surface area (Å²) in [6.07, 6.45) is 3.08. The molecular weight excluding hydrogens is 280 g/mol. The lowest BCUT2D eigenvalue weighted by atomic mass is 10.2. The van der Waals surface area contributed by atoms with Crippen LogP contribution in [0.4, 0.5) is 0 Å². The van der Waals surface area contributed by atoms with E-state index in [1.165, 1.54) is 6.33 Å². The molecule has 0 bridgehead atoms. The SMILES string of the molecule is CNCc1c(C)oc(C)c1S(=O)(=O)NCc1cnc[nH]1. The van der Waals surface area contributed by atoms with Gasteiger partial charge in [0.05, 0.1) is 12.9 Å². The lowest BCUT2D eigenvalue weighted by molar-refractivity contribution is 0.493. The van der Waals surface area contributed by atoms with Crippen LogP contribution >= 0.6 is 0 Å². The monoisotopic (exact) mass is 298 g/mol. The topological polar surface area (TPSA) is 100 Å². The largest absolute Gasteiger partial charge is 0.465 e. The van der Waals surface area contributed by atoms with Gasteiger partial charge >= 0.3 is 0 Å². The zero-order valence-electron chi connectivity index (χ0n) is 11.6. The van der Waals surface area contributed by atoms with E-state index in [-0.39, 0.29) is 11.4 Å². The summed E-state index contributed by atoms with van der Waals surface area (Å²) in [6, 6.07) is 0. The molecule has 0 radical (unpaired) electrons. The quantitative estimate of drug-likeness (QED) is 0.733. The highest BCUT2D eigenvalue weighted by Gasteiger charge is 2.26. The van der Waals surface area contributed by atoms with Crippen molar-refractivity contribution in [2.24, 2.45) is 0 Å². The van der Waals surface area contributed by atoms with E-state index in [4.69, 9.17) is 4.42 Å². The van der Waals surface area contributed by atoms with E-state index in [1.54, 1.807) is 27.1 Å². The second-order valence-corrected chi connectivity index (χ2v) is 6.16. The molecule has 8 heteroatoms. The third-order valence-corrected chi connectivity index (χ3v) is 4.55. The van der Waals surface area contributed by atoms with Crippen molar-refractivity contribution < 1.29 is 12.8 Å². The molecule has 7 nitrogen and oxygen atoms in total. The van der Waals surface area contributed by atoms with Crippen LogP contribution < -0.4 is 10.0 Å². The van der Waals surface area contributed by atoms with Crippen molar-refractivity contribution in [3.8, 4) is 0 Å². The third kappa shape index (κ3) is 2.92. The fourth-order valence-corrected chi connectivity index (χ4v) is 3.52. The van der Waals surface area contributed by atoms with Crippen LogP contribution in [-0.4, -0.2) is 25.4 Å². The average molecular weight is 298 g/mol. The predicted molar refractivity (Wildman–Crippen MR) is 73.6 cm³/mol. The number of furan rings is 1. The minimum atomic E-state index is -3.63. The molecule has 0 aliphatic heterocycles. The molecule has 0 fully saturated rings. The summed E-state index contributed by atoms with van der Waals surface area (Å²) in [5.74, 6) is 1.00. The van der Waals surface area contributed by atoms with Crippen LogP contribution in [0.2, 0.25) is 0 Å². The Hall–Kier alpha value is -1.64. The Kier molecular flexibility index (Phi) is 4.26. The maximum Gasteiger partial charge on any atom is 0.244 e. The van der Waals surface area contributed by atoms with E-state index < -0.39 is 10.0 Å². The molecular formula is C12H18N4O3S. The van der Waals surface area contributed by atoms with Crippen molar-refractivity contribution in [3.63, 3.8) is 0 Å². The van der Waals surface area contributed by atoms with Gasteiger partial charge in [0.1, 0.15) is 16.4 Å². The molecule has 0 saturated heterocycles. The Balaban J connectivity index is 2.29. The lowest BCUT2D eigenvalue weighted by Gasteiger charge is -2.07. The summed E-state index contributed by atoms with van der Waals surface area (Å²) in [5.41, 5.74) is 1.35. The van der Waals surface area contributed by atoms with Crippen molar-refractivity contribution in [2.45, 2.75) is 31.8 Å². The van der Waals surface area contributed by atoms with Crippen molar-refractivity contribution in [1.29, 1.82) is 0 Å². The minimum absolute atomic E-state index is 0.158. The van der Waals surface area contributed by atoms with Gasteiger partial charge in [0, 0.05) is 24.0 Å². The van der Waals surface area contributed by atoms with Crippen LogP contribution in [0.3, 0.4) is 0 Å². The van der Waals surface area contributed by atoms with Gasteiger partial charge in [-0.1, -0.05) is 0 Å². The van der Waals surface area contributed by atoms with E-state index in [1.807, 2.05) is 0 Å². The first kappa shape index (κ1) is 14.8. The van der Waals surface area contributed by atoms with Crippen LogP contribution in [-0.2, 0) is 23.1 Å². The van der Waals surface area contributed by atoms with E-state index in [0.717, 1.165) is 0 Å². The number of hydrogen-bond acceptors (Lipinski definition) is 5. The van der Waals surface area contributed by atoms with Crippen LogP contribution in [0, 0.1) is 13.8 Å². The molecule has 0 aliphatic rings. The van der Waals surface area contributed by atoms with Crippen molar-refractivity contribution >= 4 is 10.0 Å². The number of hydrogen-bond donors (Lipinski definition) is 3. The number of aromatic amines is 1. The van der Waals surface area contributed by atoms with Gasteiger partial charge in [-0.25, -0.2) is 18.1 Å². The number of sulfonamides is 1. The summed E-state index contributed by atoms with van der Waals surface area (Å²) in [7, 11) is -1.87. The third-order valence-electron chi connectivity index (χ3n) is 2.95. The summed E-state index contributed by atoms with van der Waals surface area (Å²) in [5, 5.41) is 2.95. The Labute approximate surface area is 117 Å². The molecule has 0 saturated carbocycles. The van der Waals surface area contributed by atoms with E-state index in [2.05, 4.69) is 20.0 Å².